The Hall–Kier alpha value is -6.64. The first-order valence-electron chi connectivity index (χ1n) is 17.1. The van der Waals surface area contributed by atoms with E-state index >= 15 is 0 Å². The van der Waals surface area contributed by atoms with Crippen LogP contribution in [-0.2, 0) is 0 Å². The molecule has 1 aromatic heterocycles. The van der Waals surface area contributed by atoms with Crippen molar-refractivity contribution < 1.29 is 4.42 Å². The van der Waals surface area contributed by atoms with E-state index in [1.54, 1.807) is 0 Å². The number of benzene rings is 9. The molecule has 9 aromatic carbocycles. The highest BCUT2D eigenvalue weighted by atomic mass is 16.3. The number of hydrogen-bond donors (Lipinski definition) is 0. The maximum atomic E-state index is 6.51. The van der Waals surface area contributed by atoms with Crippen molar-refractivity contribution in [1.82, 2.24) is 0 Å². The quantitative estimate of drug-likeness (QED) is 0.175. The van der Waals surface area contributed by atoms with Gasteiger partial charge in [-0.05, 0) is 97.7 Å². The molecule has 0 atom stereocenters. The highest BCUT2D eigenvalue weighted by Gasteiger charge is 2.21. The molecule has 0 radical (unpaired) electrons. The molecule has 1 heterocycles. The van der Waals surface area contributed by atoms with Crippen LogP contribution in [0.3, 0.4) is 0 Å². The van der Waals surface area contributed by atoms with Gasteiger partial charge in [0.25, 0.3) is 0 Å². The van der Waals surface area contributed by atoms with E-state index in [0.717, 1.165) is 44.4 Å². The summed E-state index contributed by atoms with van der Waals surface area (Å²) in [5.41, 5.74) is 9.97. The Morgan fingerprint density at radius 1 is 0.320 bits per heavy atom. The molecule has 0 spiro atoms. The van der Waals surface area contributed by atoms with Crippen LogP contribution < -0.4 is 4.90 Å². The van der Waals surface area contributed by atoms with Gasteiger partial charge in [0, 0.05) is 33.2 Å². The van der Waals surface area contributed by atoms with Crippen molar-refractivity contribution in [2.45, 2.75) is 0 Å². The van der Waals surface area contributed by atoms with E-state index in [-0.39, 0.29) is 0 Å². The monoisotopic (exact) mass is 637 g/mol. The van der Waals surface area contributed by atoms with E-state index in [1.807, 2.05) is 0 Å². The molecule has 2 heteroatoms. The SMILES string of the molecule is c1ccc(-c2c(-c3ccccc3)c3cc(N(c4ccccc4)c4ccc5oc6c7ccccc7ccc6c5c4)ccc3c3ccccc23)cc1. The van der Waals surface area contributed by atoms with Crippen molar-refractivity contribution in [2.75, 3.05) is 4.90 Å². The Morgan fingerprint density at radius 2 is 0.840 bits per heavy atom. The van der Waals surface area contributed by atoms with Crippen molar-refractivity contribution in [3.8, 4) is 22.3 Å². The summed E-state index contributed by atoms with van der Waals surface area (Å²) in [6.07, 6.45) is 0. The fraction of sp³-hybridized carbons (Fsp3) is 0. The van der Waals surface area contributed by atoms with Crippen molar-refractivity contribution in [3.63, 3.8) is 0 Å². The summed E-state index contributed by atoms with van der Waals surface area (Å²) in [5.74, 6) is 0. The van der Waals surface area contributed by atoms with Crippen LogP contribution in [0.1, 0.15) is 0 Å². The molecule has 0 saturated carbocycles. The number of rotatable bonds is 5. The van der Waals surface area contributed by atoms with Crippen LogP contribution >= 0.6 is 0 Å². The van der Waals surface area contributed by atoms with Crippen LogP contribution in [0.5, 0.6) is 0 Å². The molecule has 10 rings (SSSR count). The summed E-state index contributed by atoms with van der Waals surface area (Å²) in [5, 5.41) is 9.49. The Kier molecular flexibility index (Phi) is 6.53. The van der Waals surface area contributed by atoms with E-state index in [2.05, 4.69) is 193 Å². The van der Waals surface area contributed by atoms with Crippen molar-refractivity contribution in [3.05, 3.63) is 188 Å². The molecule has 0 aliphatic rings. The lowest BCUT2D eigenvalue weighted by molar-refractivity contribution is 0.672. The van der Waals surface area contributed by atoms with Gasteiger partial charge in [-0.15, -0.1) is 0 Å². The topological polar surface area (TPSA) is 16.4 Å². The third-order valence-electron chi connectivity index (χ3n) is 10.0. The van der Waals surface area contributed by atoms with E-state index in [1.165, 1.54) is 49.2 Å². The van der Waals surface area contributed by atoms with Gasteiger partial charge >= 0.3 is 0 Å². The summed E-state index contributed by atoms with van der Waals surface area (Å²) < 4.78 is 6.51. The van der Waals surface area contributed by atoms with E-state index in [9.17, 15) is 0 Å². The number of furan rings is 1. The smallest absolute Gasteiger partial charge is 0.143 e. The molecule has 0 bridgehead atoms. The van der Waals surface area contributed by atoms with Gasteiger partial charge < -0.3 is 9.32 Å². The maximum Gasteiger partial charge on any atom is 0.143 e. The molecule has 0 fully saturated rings. The lowest BCUT2D eigenvalue weighted by Crippen LogP contribution is -2.09. The standard InChI is InChI=1S/C48H31NO/c1-4-15-33(16-5-1)46-41-23-13-12-22-39(41)40-28-25-36(31-44(40)47(46)34-17-6-2-7-18-34)49(35-19-8-3-9-20-35)37-26-29-45-43(30-37)42-27-24-32-14-10-11-21-38(32)48(42)50-45/h1-31H. The summed E-state index contributed by atoms with van der Waals surface area (Å²) in [6, 6.07) is 67.5. The maximum absolute atomic E-state index is 6.51. The molecular weight excluding hydrogens is 607 g/mol. The van der Waals surface area contributed by atoms with Crippen LogP contribution in [0.25, 0.3) is 76.5 Å². The third kappa shape index (κ3) is 4.50. The number of anilines is 3. The summed E-state index contributed by atoms with van der Waals surface area (Å²) >= 11 is 0. The van der Waals surface area contributed by atoms with Crippen molar-refractivity contribution in [1.29, 1.82) is 0 Å². The molecule has 10 aromatic rings. The fourth-order valence-corrected chi connectivity index (χ4v) is 7.78. The zero-order chi connectivity index (χ0) is 33.0. The molecule has 0 saturated heterocycles. The second-order valence-electron chi connectivity index (χ2n) is 12.9. The van der Waals surface area contributed by atoms with Crippen molar-refractivity contribution >= 4 is 71.3 Å². The van der Waals surface area contributed by atoms with Gasteiger partial charge in [0.05, 0.1) is 0 Å². The van der Waals surface area contributed by atoms with Crippen LogP contribution in [0.15, 0.2) is 192 Å². The molecule has 0 aliphatic heterocycles. The Labute approximate surface area is 290 Å². The first-order chi connectivity index (χ1) is 24.8. The Bertz CT molecular complexity index is 2850. The number of nitrogens with zero attached hydrogens (tertiary/aromatic N) is 1. The number of fused-ring (bicyclic) bond motifs is 8. The molecule has 234 valence electrons. The summed E-state index contributed by atoms with van der Waals surface area (Å²) in [7, 11) is 0. The molecule has 0 unspecified atom stereocenters. The van der Waals surface area contributed by atoms with Crippen LogP contribution in [0, 0.1) is 0 Å². The zero-order valence-corrected chi connectivity index (χ0v) is 27.3. The summed E-state index contributed by atoms with van der Waals surface area (Å²) in [4.78, 5) is 2.37. The second kappa shape index (κ2) is 11.5. The molecule has 50 heavy (non-hydrogen) atoms. The van der Waals surface area contributed by atoms with E-state index in [4.69, 9.17) is 4.42 Å². The normalized spacial score (nSPS) is 11.6. The van der Waals surface area contributed by atoms with Gasteiger partial charge in [-0.2, -0.15) is 0 Å². The average molecular weight is 638 g/mol. The average Bonchev–Trinajstić information content (AvgIpc) is 3.57. The number of para-hydroxylation sites is 1. The van der Waals surface area contributed by atoms with Gasteiger partial charge in [-0.1, -0.05) is 140 Å². The molecule has 0 aliphatic carbocycles. The first-order valence-corrected chi connectivity index (χ1v) is 17.1. The highest BCUT2D eigenvalue weighted by molar-refractivity contribution is 6.22. The van der Waals surface area contributed by atoms with E-state index < -0.39 is 0 Å². The third-order valence-corrected chi connectivity index (χ3v) is 10.0. The van der Waals surface area contributed by atoms with Crippen LogP contribution in [0.4, 0.5) is 17.1 Å². The van der Waals surface area contributed by atoms with Gasteiger partial charge in [0.1, 0.15) is 11.2 Å². The Balaban J connectivity index is 1.27. The van der Waals surface area contributed by atoms with Crippen LogP contribution in [-0.4, -0.2) is 0 Å². The van der Waals surface area contributed by atoms with Crippen molar-refractivity contribution in [2.24, 2.45) is 0 Å². The Morgan fingerprint density at radius 3 is 1.56 bits per heavy atom. The lowest BCUT2D eigenvalue weighted by atomic mass is 9.85. The zero-order valence-electron chi connectivity index (χ0n) is 27.3. The van der Waals surface area contributed by atoms with Gasteiger partial charge in [-0.25, -0.2) is 0 Å². The highest BCUT2D eigenvalue weighted by Crippen LogP contribution is 2.47. The minimum absolute atomic E-state index is 0.886. The van der Waals surface area contributed by atoms with Crippen LogP contribution in [0.2, 0.25) is 0 Å². The number of hydrogen-bond acceptors (Lipinski definition) is 2. The lowest BCUT2D eigenvalue weighted by Gasteiger charge is -2.27. The fourth-order valence-electron chi connectivity index (χ4n) is 7.78. The minimum atomic E-state index is 0.886. The molecule has 0 amide bonds. The van der Waals surface area contributed by atoms with Gasteiger partial charge in [-0.3, -0.25) is 0 Å². The summed E-state index contributed by atoms with van der Waals surface area (Å²) in [6.45, 7) is 0. The second-order valence-corrected chi connectivity index (χ2v) is 12.9. The minimum Gasteiger partial charge on any atom is -0.455 e. The van der Waals surface area contributed by atoms with E-state index in [0.29, 0.717) is 0 Å². The van der Waals surface area contributed by atoms with Gasteiger partial charge in [0.15, 0.2) is 0 Å². The molecular formula is C48H31NO. The first kappa shape index (κ1) is 28.4. The molecule has 2 nitrogen and oxygen atoms in total. The molecule has 0 N–H and O–H groups in total. The predicted molar refractivity (Wildman–Crippen MR) is 212 cm³/mol. The van der Waals surface area contributed by atoms with Gasteiger partial charge in [0.2, 0.25) is 0 Å². The predicted octanol–water partition coefficient (Wildman–Crippen LogP) is 13.8. The largest absolute Gasteiger partial charge is 0.455 e.